The van der Waals surface area contributed by atoms with Crippen molar-refractivity contribution < 1.29 is 0 Å². The zero-order valence-electron chi connectivity index (χ0n) is 11.0. The highest BCUT2D eigenvalue weighted by Crippen LogP contribution is 2.05. The Hall–Kier alpha value is -1.61. The Morgan fingerprint density at radius 1 is 1.22 bits per heavy atom. The van der Waals surface area contributed by atoms with Crippen LogP contribution in [0.4, 0.5) is 0 Å². The fraction of sp³-hybridized carbons (Fsp3) is 0.400. The van der Waals surface area contributed by atoms with E-state index in [1.165, 1.54) is 5.56 Å². The second-order valence-corrected chi connectivity index (χ2v) is 4.41. The zero-order valence-corrected chi connectivity index (χ0v) is 11.0. The van der Waals surface area contributed by atoms with Gasteiger partial charge in [-0.3, -0.25) is 0 Å². The van der Waals surface area contributed by atoms with E-state index in [9.17, 15) is 0 Å². The normalized spacial score (nSPS) is 10.7. The third-order valence-electron chi connectivity index (χ3n) is 3.04. The van der Waals surface area contributed by atoms with Gasteiger partial charge >= 0.3 is 0 Å². The maximum absolute atomic E-state index is 4.38. The van der Waals surface area contributed by atoms with Crippen molar-refractivity contribution in [1.29, 1.82) is 0 Å². The van der Waals surface area contributed by atoms with Gasteiger partial charge in [0.05, 0.1) is 6.54 Å². The van der Waals surface area contributed by atoms with E-state index in [1.807, 2.05) is 6.20 Å². The van der Waals surface area contributed by atoms with Crippen LogP contribution in [-0.4, -0.2) is 16.1 Å². The van der Waals surface area contributed by atoms with Crippen molar-refractivity contribution in [2.24, 2.45) is 0 Å². The topological polar surface area (TPSA) is 29.9 Å². The second-order valence-electron chi connectivity index (χ2n) is 4.41. The van der Waals surface area contributed by atoms with Crippen LogP contribution in [-0.2, 0) is 19.5 Å². The molecule has 0 unspecified atom stereocenters. The molecule has 0 bridgehead atoms. The van der Waals surface area contributed by atoms with Gasteiger partial charge in [0.2, 0.25) is 0 Å². The van der Waals surface area contributed by atoms with Gasteiger partial charge in [-0.05, 0) is 24.9 Å². The van der Waals surface area contributed by atoms with Crippen LogP contribution in [0.25, 0.3) is 0 Å². The van der Waals surface area contributed by atoms with Crippen LogP contribution in [0.5, 0.6) is 0 Å². The van der Waals surface area contributed by atoms with E-state index >= 15 is 0 Å². The average molecular weight is 243 g/mol. The molecule has 0 aliphatic heterocycles. The van der Waals surface area contributed by atoms with E-state index < -0.39 is 0 Å². The number of hydrogen-bond acceptors (Lipinski definition) is 2. The molecule has 2 rings (SSSR count). The minimum absolute atomic E-state index is 0.856. The third-order valence-corrected chi connectivity index (χ3v) is 3.04. The Balaban J connectivity index is 1.81. The summed E-state index contributed by atoms with van der Waals surface area (Å²) >= 11 is 0. The predicted molar refractivity (Wildman–Crippen MR) is 74.4 cm³/mol. The van der Waals surface area contributed by atoms with Crippen molar-refractivity contribution in [1.82, 2.24) is 14.9 Å². The molecule has 1 heterocycles. The van der Waals surface area contributed by atoms with Crippen LogP contribution in [0.1, 0.15) is 24.7 Å². The van der Waals surface area contributed by atoms with Crippen molar-refractivity contribution in [2.45, 2.75) is 32.9 Å². The molecular formula is C15H21N3. The number of hydrogen-bond donors (Lipinski definition) is 1. The molecule has 0 spiro atoms. The van der Waals surface area contributed by atoms with Gasteiger partial charge in [-0.2, -0.15) is 0 Å². The molecule has 0 fully saturated rings. The Bertz CT molecular complexity index is 448. The fourth-order valence-corrected chi connectivity index (χ4v) is 2.05. The van der Waals surface area contributed by atoms with Gasteiger partial charge in [-0.15, -0.1) is 0 Å². The van der Waals surface area contributed by atoms with Crippen LogP contribution in [0, 0.1) is 0 Å². The van der Waals surface area contributed by atoms with Gasteiger partial charge in [0.25, 0.3) is 0 Å². The highest BCUT2D eigenvalue weighted by molar-refractivity contribution is 5.14. The number of imidazole rings is 1. The van der Waals surface area contributed by atoms with Crippen molar-refractivity contribution in [3.8, 4) is 0 Å². The minimum atomic E-state index is 0.856. The Labute approximate surface area is 109 Å². The molecule has 18 heavy (non-hydrogen) atoms. The van der Waals surface area contributed by atoms with Gasteiger partial charge in [0.15, 0.2) is 0 Å². The molecule has 0 radical (unpaired) electrons. The van der Waals surface area contributed by atoms with E-state index in [1.54, 1.807) is 0 Å². The fourth-order valence-electron chi connectivity index (χ4n) is 2.05. The van der Waals surface area contributed by atoms with E-state index in [4.69, 9.17) is 0 Å². The second kappa shape index (κ2) is 6.97. The van der Waals surface area contributed by atoms with Crippen LogP contribution in [0.2, 0.25) is 0 Å². The molecular weight excluding hydrogens is 222 g/mol. The predicted octanol–water partition coefficient (Wildman–Crippen LogP) is 2.63. The SMILES string of the molecule is CCNCc1nccn1CCCc1ccccc1. The lowest BCUT2D eigenvalue weighted by Crippen LogP contribution is -2.16. The molecule has 0 amide bonds. The van der Waals surface area contributed by atoms with E-state index in [0.717, 1.165) is 38.3 Å². The van der Waals surface area contributed by atoms with E-state index in [0.29, 0.717) is 0 Å². The summed E-state index contributed by atoms with van der Waals surface area (Å²) in [5, 5.41) is 3.32. The summed E-state index contributed by atoms with van der Waals surface area (Å²) in [7, 11) is 0. The van der Waals surface area contributed by atoms with E-state index in [-0.39, 0.29) is 0 Å². The Morgan fingerprint density at radius 2 is 2.06 bits per heavy atom. The summed E-state index contributed by atoms with van der Waals surface area (Å²) in [5.41, 5.74) is 1.41. The smallest absolute Gasteiger partial charge is 0.122 e. The molecule has 0 saturated heterocycles. The summed E-state index contributed by atoms with van der Waals surface area (Å²) in [6.07, 6.45) is 6.23. The van der Waals surface area contributed by atoms with Gasteiger partial charge in [0, 0.05) is 18.9 Å². The van der Waals surface area contributed by atoms with Crippen molar-refractivity contribution in [3.63, 3.8) is 0 Å². The first-order valence-corrected chi connectivity index (χ1v) is 6.65. The molecule has 1 N–H and O–H groups in total. The van der Waals surface area contributed by atoms with Crippen LogP contribution >= 0.6 is 0 Å². The summed E-state index contributed by atoms with van der Waals surface area (Å²) in [6, 6.07) is 10.6. The van der Waals surface area contributed by atoms with Crippen molar-refractivity contribution in [3.05, 3.63) is 54.1 Å². The largest absolute Gasteiger partial charge is 0.334 e. The Kier molecular flexibility index (Phi) is 4.97. The number of rotatable bonds is 7. The summed E-state index contributed by atoms with van der Waals surface area (Å²) in [4.78, 5) is 4.38. The van der Waals surface area contributed by atoms with Gasteiger partial charge in [-0.25, -0.2) is 4.98 Å². The lowest BCUT2D eigenvalue weighted by Gasteiger charge is -2.08. The first kappa shape index (κ1) is 12.8. The molecule has 0 saturated carbocycles. The maximum Gasteiger partial charge on any atom is 0.122 e. The molecule has 3 heteroatoms. The number of benzene rings is 1. The highest BCUT2D eigenvalue weighted by Gasteiger charge is 2.01. The Morgan fingerprint density at radius 3 is 2.83 bits per heavy atom. The molecule has 2 aromatic rings. The first-order valence-electron chi connectivity index (χ1n) is 6.65. The van der Waals surface area contributed by atoms with Crippen molar-refractivity contribution >= 4 is 0 Å². The number of aromatic nitrogens is 2. The molecule has 0 aliphatic carbocycles. The lowest BCUT2D eigenvalue weighted by molar-refractivity contribution is 0.582. The van der Waals surface area contributed by atoms with Crippen LogP contribution in [0.3, 0.4) is 0 Å². The molecule has 0 aliphatic rings. The number of nitrogens with one attached hydrogen (secondary N) is 1. The molecule has 3 nitrogen and oxygen atoms in total. The third kappa shape index (κ3) is 3.70. The molecule has 0 atom stereocenters. The number of nitrogens with zero attached hydrogens (tertiary/aromatic N) is 2. The zero-order chi connectivity index (χ0) is 12.6. The van der Waals surface area contributed by atoms with E-state index in [2.05, 4.69) is 58.3 Å². The molecule has 1 aromatic carbocycles. The molecule has 1 aromatic heterocycles. The summed E-state index contributed by atoms with van der Waals surface area (Å²) in [6.45, 7) is 4.99. The van der Waals surface area contributed by atoms with Crippen molar-refractivity contribution in [2.75, 3.05) is 6.54 Å². The van der Waals surface area contributed by atoms with Gasteiger partial charge < -0.3 is 9.88 Å². The number of aryl methyl sites for hydroxylation is 2. The van der Waals surface area contributed by atoms with Crippen LogP contribution < -0.4 is 5.32 Å². The lowest BCUT2D eigenvalue weighted by atomic mass is 10.1. The van der Waals surface area contributed by atoms with Crippen LogP contribution in [0.15, 0.2) is 42.7 Å². The van der Waals surface area contributed by atoms with Gasteiger partial charge in [0.1, 0.15) is 5.82 Å². The standard InChI is InChI=1S/C15H21N3/c1-2-16-13-15-17-10-12-18(15)11-6-9-14-7-4-3-5-8-14/h3-5,7-8,10,12,16H,2,6,9,11,13H2,1H3. The monoisotopic (exact) mass is 243 g/mol. The minimum Gasteiger partial charge on any atom is -0.334 e. The summed E-state index contributed by atoms with van der Waals surface area (Å²) in [5.74, 6) is 1.13. The average Bonchev–Trinajstić information content (AvgIpc) is 2.85. The quantitative estimate of drug-likeness (QED) is 0.810. The first-order chi connectivity index (χ1) is 8.90. The molecule has 96 valence electrons. The highest BCUT2D eigenvalue weighted by atomic mass is 15.1. The summed E-state index contributed by atoms with van der Waals surface area (Å²) < 4.78 is 2.24. The van der Waals surface area contributed by atoms with Gasteiger partial charge in [-0.1, -0.05) is 37.3 Å². The maximum atomic E-state index is 4.38.